The summed E-state index contributed by atoms with van der Waals surface area (Å²) in [7, 11) is 0. The van der Waals surface area contributed by atoms with Gasteiger partial charge in [0.1, 0.15) is 11.8 Å². The highest BCUT2D eigenvalue weighted by molar-refractivity contribution is 5.98. The first-order valence-electron chi connectivity index (χ1n) is 11.6. The van der Waals surface area contributed by atoms with Gasteiger partial charge in [-0.3, -0.25) is 15.0 Å². The second kappa shape index (κ2) is 10.7. The Kier molecular flexibility index (Phi) is 7.30. The van der Waals surface area contributed by atoms with Gasteiger partial charge in [0.25, 0.3) is 0 Å². The summed E-state index contributed by atoms with van der Waals surface area (Å²) >= 11 is 0. The summed E-state index contributed by atoms with van der Waals surface area (Å²) in [6.45, 7) is 0.689. The number of guanidine groups is 1. The number of carbonyl (C=O) groups excluding carboxylic acids is 2. The molecule has 0 fully saturated rings. The minimum Gasteiger partial charge on any atom is -0.508 e. The zero-order chi connectivity index (χ0) is 24.8. The van der Waals surface area contributed by atoms with Gasteiger partial charge < -0.3 is 26.8 Å². The summed E-state index contributed by atoms with van der Waals surface area (Å²) in [5.41, 5.74) is 10.1. The molecule has 0 aliphatic heterocycles. The topological polar surface area (TPSA) is 140 Å². The first-order chi connectivity index (χ1) is 16.9. The molecule has 0 aromatic heterocycles. The van der Waals surface area contributed by atoms with Crippen LogP contribution in [0, 0.1) is 5.41 Å². The number of phenolic OH excluding ortho intramolecular Hbond substituents is 1. The first kappa shape index (κ1) is 23.8. The van der Waals surface area contributed by atoms with Crippen molar-refractivity contribution in [3.8, 4) is 16.9 Å². The van der Waals surface area contributed by atoms with E-state index in [9.17, 15) is 14.7 Å². The fourth-order valence-electron chi connectivity index (χ4n) is 4.42. The number of aromatic hydroxyl groups is 1. The molecule has 7 N–H and O–H groups in total. The second-order valence-corrected chi connectivity index (χ2v) is 8.54. The predicted molar refractivity (Wildman–Crippen MR) is 135 cm³/mol. The maximum Gasteiger partial charge on any atom is 0.242 e. The van der Waals surface area contributed by atoms with Gasteiger partial charge in [-0.2, -0.15) is 0 Å². The summed E-state index contributed by atoms with van der Waals surface area (Å²) in [6, 6.07) is 21.5. The van der Waals surface area contributed by atoms with Crippen LogP contribution in [0.2, 0.25) is 0 Å². The molecule has 3 aromatic rings. The summed E-state index contributed by atoms with van der Waals surface area (Å²) in [6.07, 6.45) is 0.915. The molecule has 0 saturated heterocycles. The van der Waals surface area contributed by atoms with Crippen LogP contribution < -0.4 is 21.7 Å². The SMILES string of the molecule is N=C(N)NCCC[C@@H](NC(=O)C1c2ccccc2-c2ccccc21)C(=O)NCc1ccc(O)cc1. The number of nitrogens with two attached hydrogens (primary N) is 1. The van der Waals surface area contributed by atoms with Crippen LogP contribution in [0.1, 0.15) is 35.4 Å². The van der Waals surface area contributed by atoms with Gasteiger partial charge in [0, 0.05) is 13.1 Å². The Bertz CT molecular complexity index is 1180. The third kappa shape index (κ3) is 5.60. The average Bonchev–Trinajstić information content (AvgIpc) is 3.19. The molecular weight excluding hydrogens is 442 g/mol. The van der Waals surface area contributed by atoms with E-state index in [4.69, 9.17) is 11.1 Å². The molecule has 35 heavy (non-hydrogen) atoms. The highest BCUT2D eigenvalue weighted by Crippen LogP contribution is 2.44. The standard InChI is InChI=1S/C27H29N5O3/c28-27(29)30-15-5-10-23(25(34)31-16-17-11-13-18(33)14-12-17)32-26(35)24-21-8-3-1-6-19(21)20-7-2-4-9-22(20)24/h1-4,6-9,11-14,23-24,33H,5,10,15-16H2,(H,31,34)(H,32,35)(H4,28,29,30)/t23-/m1/s1. The number of fused-ring (bicyclic) bond motifs is 3. The van der Waals surface area contributed by atoms with Gasteiger partial charge in [-0.1, -0.05) is 60.7 Å². The molecule has 0 heterocycles. The van der Waals surface area contributed by atoms with Crippen molar-refractivity contribution < 1.29 is 14.7 Å². The van der Waals surface area contributed by atoms with Gasteiger partial charge >= 0.3 is 0 Å². The van der Waals surface area contributed by atoms with Crippen molar-refractivity contribution in [3.63, 3.8) is 0 Å². The summed E-state index contributed by atoms with van der Waals surface area (Å²) < 4.78 is 0. The first-order valence-corrected chi connectivity index (χ1v) is 11.6. The van der Waals surface area contributed by atoms with Gasteiger partial charge in [0.2, 0.25) is 11.8 Å². The van der Waals surface area contributed by atoms with Gasteiger partial charge in [0.05, 0.1) is 5.92 Å². The second-order valence-electron chi connectivity index (χ2n) is 8.54. The maximum atomic E-state index is 13.5. The van der Waals surface area contributed by atoms with E-state index >= 15 is 0 Å². The van der Waals surface area contributed by atoms with Gasteiger partial charge in [-0.15, -0.1) is 0 Å². The molecule has 1 aliphatic rings. The number of benzene rings is 3. The quantitative estimate of drug-likeness (QED) is 0.162. The Morgan fingerprint density at radius 2 is 1.51 bits per heavy atom. The normalized spacial score (nSPS) is 12.8. The molecule has 1 aliphatic carbocycles. The van der Waals surface area contributed by atoms with Crippen LogP contribution in [0.4, 0.5) is 0 Å². The van der Waals surface area contributed by atoms with Crippen LogP contribution in [-0.4, -0.2) is 35.5 Å². The number of hydrogen-bond acceptors (Lipinski definition) is 4. The zero-order valence-corrected chi connectivity index (χ0v) is 19.3. The highest BCUT2D eigenvalue weighted by Gasteiger charge is 2.35. The molecule has 0 bridgehead atoms. The summed E-state index contributed by atoms with van der Waals surface area (Å²) in [5, 5.41) is 25.3. The molecule has 8 nitrogen and oxygen atoms in total. The van der Waals surface area contributed by atoms with Gasteiger partial charge in [-0.25, -0.2) is 0 Å². The fourth-order valence-corrected chi connectivity index (χ4v) is 4.42. The lowest BCUT2D eigenvalue weighted by Gasteiger charge is -2.22. The van der Waals surface area contributed by atoms with Crippen LogP contribution in [-0.2, 0) is 16.1 Å². The van der Waals surface area contributed by atoms with Crippen molar-refractivity contribution in [1.29, 1.82) is 5.41 Å². The lowest BCUT2D eigenvalue weighted by atomic mass is 9.95. The molecule has 0 saturated carbocycles. The van der Waals surface area contributed by atoms with E-state index < -0.39 is 12.0 Å². The third-order valence-electron chi connectivity index (χ3n) is 6.12. The van der Waals surface area contributed by atoms with E-state index in [1.807, 2.05) is 48.5 Å². The molecule has 0 spiro atoms. The lowest BCUT2D eigenvalue weighted by molar-refractivity contribution is -0.129. The van der Waals surface area contributed by atoms with E-state index in [1.54, 1.807) is 24.3 Å². The molecule has 8 heteroatoms. The summed E-state index contributed by atoms with van der Waals surface area (Å²) in [4.78, 5) is 26.6. The monoisotopic (exact) mass is 471 g/mol. The minimum atomic E-state index is -0.756. The molecule has 2 amide bonds. The largest absolute Gasteiger partial charge is 0.508 e. The fraction of sp³-hybridized carbons (Fsp3) is 0.222. The minimum absolute atomic E-state index is 0.137. The average molecular weight is 472 g/mol. The Morgan fingerprint density at radius 1 is 0.914 bits per heavy atom. The van der Waals surface area contributed by atoms with Crippen molar-refractivity contribution in [2.75, 3.05) is 6.54 Å². The van der Waals surface area contributed by atoms with Crippen LogP contribution in [0.5, 0.6) is 5.75 Å². The third-order valence-corrected chi connectivity index (χ3v) is 6.12. The summed E-state index contributed by atoms with van der Waals surface area (Å²) in [5.74, 6) is -1.01. The van der Waals surface area contributed by atoms with Crippen molar-refractivity contribution in [2.24, 2.45) is 5.73 Å². The molecule has 3 aromatic carbocycles. The van der Waals surface area contributed by atoms with E-state index in [0.717, 1.165) is 27.8 Å². The van der Waals surface area contributed by atoms with Gasteiger partial charge in [-0.05, 0) is 52.8 Å². The molecule has 4 rings (SSSR count). The highest BCUT2D eigenvalue weighted by atomic mass is 16.3. The van der Waals surface area contributed by atoms with Gasteiger partial charge in [0.15, 0.2) is 5.96 Å². The van der Waals surface area contributed by atoms with Crippen LogP contribution >= 0.6 is 0 Å². The zero-order valence-electron chi connectivity index (χ0n) is 19.3. The Hall–Kier alpha value is -4.33. The van der Waals surface area contributed by atoms with E-state index in [0.29, 0.717) is 19.4 Å². The van der Waals surface area contributed by atoms with Crippen LogP contribution in [0.25, 0.3) is 11.1 Å². The molecule has 1 atom stereocenters. The number of nitrogens with one attached hydrogen (secondary N) is 4. The van der Waals surface area contributed by atoms with Crippen LogP contribution in [0.3, 0.4) is 0 Å². The number of phenols is 1. The lowest BCUT2D eigenvalue weighted by Crippen LogP contribution is -2.48. The van der Waals surface area contributed by atoms with E-state index in [2.05, 4.69) is 16.0 Å². The Labute approximate surface area is 204 Å². The number of amides is 2. The molecule has 180 valence electrons. The molecule has 0 radical (unpaired) electrons. The van der Waals surface area contributed by atoms with Crippen molar-refractivity contribution in [3.05, 3.63) is 89.5 Å². The Balaban J connectivity index is 1.49. The number of hydrogen-bond donors (Lipinski definition) is 6. The smallest absolute Gasteiger partial charge is 0.242 e. The van der Waals surface area contributed by atoms with Crippen molar-refractivity contribution in [1.82, 2.24) is 16.0 Å². The number of carbonyl (C=O) groups is 2. The number of rotatable bonds is 9. The van der Waals surface area contributed by atoms with Crippen molar-refractivity contribution >= 4 is 17.8 Å². The van der Waals surface area contributed by atoms with Crippen molar-refractivity contribution in [2.45, 2.75) is 31.3 Å². The maximum absolute atomic E-state index is 13.5. The molecule has 0 unspecified atom stereocenters. The predicted octanol–water partition coefficient (Wildman–Crippen LogP) is 2.57. The van der Waals surface area contributed by atoms with E-state index in [-0.39, 0.29) is 30.1 Å². The molecular formula is C27H29N5O3. The van der Waals surface area contributed by atoms with E-state index in [1.165, 1.54) is 0 Å². The van der Waals surface area contributed by atoms with Crippen LogP contribution in [0.15, 0.2) is 72.8 Å². The Morgan fingerprint density at radius 3 is 2.11 bits per heavy atom.